The molecule has 0 radical (unpaired) electrons. The van der Waals surface area contributed by atoms with Gasteiger partial charge >= 0.3 is 5.97 Å². The van der Waals surface area contributed by atoms with Crippen molar-refractivity contribution in [2.24, 2.45) is 5.92 Å². The van der Waals surface area contributed by atoms with Crippen LogP contribution in [0.15, 0.2) is 4.52 Å². The van der Waals surface area contributed by atoms with Crippen LogP contribution in [0.5, 0.6) is 0 Å². The number of hydrogen-bond acceptors (Lipinski definition) is 4. The summed E-state index contributed by atoms with van der Waals surface area (Å²) < 4.78 is 5.14. The number of hydrogen-bond donors (Lipinski definition) is 1. The monoisotopic (exact) mass is 224 g/mol. The van der Waals surface area contributed by atoms with E-state index in [2.05, 4.69) is 17.1 Å². The summed E-state index contributed by atoms with van der Waals surface area (Å²) >= 11 is 0. The smallest absolute Gasteiger partial charge is 0.307 e. The van der Waals surface area contributed by atoms with Gasteiger partial charge in [0.15, 0.2) is 5.82 Å². The Hall–Kier alpha value is -1.39. The summed E-state index contributed by atoms with van der Waals surface area (Å²) in [6.07, 6.45) is 2.16. The largest absolute Gasteiger partial charge is 0.481 e. The van der Waals surface area contributed by atoms with Crippen molar-refractivity contribution in [3.8, 4) is 0 Å². The SMILES string of the molecule is CC(C(=O)O)C(C)c1nc(C2(C)CC2)no1. The molecule has 1 N–H and O–H groups in total. The summed E-state index contributed by atoms with van der Waals surface area (Å²) in [5.41, 5.74) is 0.0634. The first-order chi connectivity index (χ1) is 7.44. The molecule has 1 aliphatic rings. The van der Waals surface area contributed by atoms with Gasteiger partial charge in [-0.05, 0) is 12.8 Å². The van der Waals surface area contributed by atoms with E-state index in [1.54, 1.807) is 13.8 Å². The fourth-order valence-corrected chi connectivity index (χ4v) is 1.50. The van der Waals surface area contributed by atoms with Crippen LogP contribution < -0.4 is 0 Å². The molecule has 0 spiro atoms. The molecule has 0 amide bonds. The van der Waals surface area contributed by atoms with Crippen LogP contribution in [-0.2, 0) is 10.2 Å². The fourth-order valence-electron chi connectivity index (χ4n) is 1.50. The lowest BCUT2D eigenvalue weighted by atomic mass is 9.96. The lowest BCUT2D eigenvalue weighted by molar-refractivity contribution is -0.141. The second-order valence-electron chi connectivity index (χ2n) is 4.93. The van der Waals surface area contributed by atoms with Gasteiger partial charge in [0.1, 0.15) is 0 Å². The van der Waals surface area contributed by atoms with Gasteiger partial charge in [-0.25, -0.2) is 0 Å². The molecule has 88 valence electrons. The number of aliphatic carboxylic acids is 1. The van der Waals surface area contributed by atoms with Gasteiger partial charge < -0.3 is 9.63 Å². The first kappa shape index (κ1) is 11.1. The summed E-state index contributed by atoms with van der Waals surface area (Å²) in [5.74, 6) is -0.462. The summed E-state index contributed by atoms with van der Waals surface area (Å²) in [5, 5.41) is 12.8. The molecule has 1 aromatic heterocycles. The van der Waals surface area contributed by atoms with Gasteiger partial charge in [-0.2, -0.15) is 4.98 Å². The average molecular weight is 224 g/mol. The maximum Gasteiger partial charge on any atom is 0.307 e. The molecule has 0 saturated heterocycles. The standard InChI is InChI=1S/C11H16N2O3/c1-6(7(2)9(14)15)8-12-10(13-16-8)11(3)4-5-11/h6-7H,4-5H2,1-3H3,(H,14,15). The third-order valence-electron chi connectivity index (χ3n) is 3.51. The highest BCUT2D eigenvalue weighted by Crippen LogP contribution is 2.46. The van der Waals surface area contributed by atoms with E-state index in [0.717, 1.165) is 12.8 Å². The molecule has 0 bridgehead atoms. The fraction of sp³-hybridized carbons (Fsp3) is 0.727. The van der Waals surface area contributed by atoms with Gasteiger partial charge in [-0.3, -0.25) is 4.79 Å². The number of nitrogens with zero attached hydrogens (tertiary/aromatic N) is 2. The normalized spacial score (nSPS) is 21.4. The summed E-state index contributed by atoms with van der Waals surface area (Å²) in [6, 6.07) is 0. The van der Waals surface area contributed by atoms with E-state index in [0.29, 0.717) is 11.7 Å². The van der Waals surface area contributed by atoms with Crippen molar-refractivity contribution < 1.29 is 14.4 Å². The van der Waals surface area contributed by atoms with Crippen molar-refractivity contribution in [2.75, 3.05) is 0 Å². The zero-order chi connectivity index (χ0) is 11.9. The Morgan fingerprint density at radius 3 is 2.62 bits per heavy atom. The number of carbonyl (C=O) groups is 1. The van der Waals surface area contributed by atoms with Crippen LogP contribution in [0.2, 0.25) is 0 Å². The minimum atomic E-state index is -0.843. The van der Waals surface area contributed by atoms with E-state index in [1.807, 2.05) is 0 Å². The van der Waals surface area contributed by atoms with Crippen molar-refractivity contribution in [3.05, 3.63) is 11.7 Å². The molecule has 1 aliphatic carbocycles. The number of carboxylic acids is 1. The van der Waals surface area contributed by atoms with Crippen LogP contribution >= 0.6 is 0 Å². The number of aromatic nitrogens is 2. The van der Waals surface area contributed by atoms with Crippen LogP contribution in [0, 0.1) is 5.92 Å². The summed E-state index contributed by atoms with van der Waals surface area (Å²) in [4.78, 5) is 15.1. The number of rotatable bonds is 4. The van der Waals surface area contributed by atoms with Gasteiger partial charge in [0.05, 0.1) is 5.92 Å². The van der Waals surface area contributed by atoms with Crippen molar-refractivity contribution in [3.63, 3.8) is 0 Å². The first-order valence-corrected chi connectivity index (χ1v) is 5.51. The van der Waals surface area contributed by atoms with Crippen molar-refractivity contribution in [1.29, 1.82) is 0 Å². The predicted octanol–water partition coefficient (Wildman–Crippen LogP) is 1.95. The van der Waals surface area contributed by atoms with E-state index < -0.39 is 11.9 Å². The van der Waals surface area contributed by atoms with Crippen LogP contribution in [0.25, 0.3) is 0 Å². The van der Waals surface area contributed by atoms with E-state index in [9.17, 15) is 4.79 Å². The van der Waals surface area contributed by atoms with Gasteiger partial charge in [0.25, 0.3) is 0 Å². The minimum Gasteiger partial charge on any atom is -0.481 e. The highest BCUT2D eigenvalue weighted by Gasteiger charge is 2.44. The molecule has 0 aliphatic heterocycles. The molecule has 2 atom stereocenters. The quantitative estimate of drug-likeness (QED) is 0.845. The Bertz CT molecular complexity index is 409. The Balaban J connectivity index is 2.15. The zero-order valence-electron chi connectivity index (χ0n) is 9.73. The lowest BCUT2D eigenvalue weighted by Gasteiger charge is -2.10. The molecule has 16 heavy (non-hydrogen) atoms. The molecule has 5 heteroatoms. The maximum atomic E-state index is 10.8. The Morgan fingerprint density at radius 1 is 1.50 bits per heavy atom. The highest BCUT2D eigenvalue weighted by molar-refractivity contribution is 5.70. The van der Waals surface area contributed by atoms with Gasteiger partial charge in [-0.15, -0.1) is 0 Å². The Morgan fingerprint density at radius 2 is 2.12 bits per heavy atom. The van der Waals surface area contributed by atoms with Crippen LogP contribution in [0.4, 0.5) is 0 Å². The average Bonchev–Trinajstić information content (AvgIpc) is 2.83. The molecular weight excluding hydrogens is 208 g/mol. The maximum absolute atomic E-state index is 10.8. The van der Waals surface area contributed by atoms with E-state index in [1.165, 1.54) is 0 Å². The third kappa shape index (κ3) is 1.81. The second kappa shape index (κ2) is 3.57. The highest BCUT2D eigenvalue weighted by atomic mass is 16.5. The molecule has 1 heterocycles. The predicted molar refractivity (Wildman–Crippen MR) is 56.1 cm³/mol. The molecule has 2 unspecified atom stereocenters. The van der Waals surface area contributed by atoms with E-state index in [4.69, 9.17) is 9.63 Å². The molecule has 0 aromatic carbocycles. The van der Waals surface area contributed by atoms with E-state index >= 15 is 0 Å². The Kier molecular flexibility index (Phi) is 2.48. The molecule has 1 aromatic rings. The zero-order valence-corrected chi connectivity index (χ0v) is 9.73. The lowest BCUT2D eigenvalue weighted by Crippen LogP contribution is -2.17. The van der Waals surface area contributed by atoms with Crippen LogP contribution in [0.1, 0.15) is 51.2 Å². The van der Waals surface area contributed by atoms with Crippen LogP contribution in [0.3, 0.4) is 0 Å². The van der Waals surface area contributed by atoms with E-state index in [-0.39, 0.29) is 11.3 Å². The summed E-state index contributed by atoms with van der Waals surface area (Å²) in [6.45, 7) is 5.54. The molecule has 2 rings (SSSR count). The topological polar surface area (TPSA) is 76.2 Å². The van der Waals surface area contributed by atoms with Gasteiger partial charge in [-0.1, -0.05) is 25.9 Å². The molecular formula is C11H16N2O3. The van der Waals surface area contributed by atoms with Crippen molar-refractivity contribution in [1.82, 2.24) is 10.1 Å². The van der Waals surface area contributed by atoms with Crippen LogP contribution in [-0.4, -0.2) is 21.2 Å². The van der Waals surface area contributed by atoms with Gasteiger partial charge in [0, 0.05) is 11.3 Å². The second-order valence-corrected chi connectivity index (χ2v) is 4.93. The molecule has 1 fully saturated rings. The van der Waals surface area contributed by atoms with Gasteiger partial charge in [0.2, 0.25) is 5.89 Å². The third-order valence-corrected chi connectivity index (χ3v) is 3.51. The summed E-state index contributed by atoms with van der Waals surface area (Å²) in [7, 11) is 0. The molecule has 5 nitrogen and oxygen atoms in total. The van der Waals surface area contributed by atoms with Crippen molar-refractivity contribution in [2.45, 2.75) is 44.9 Å². The minimum absolute atomic E-state index is 0.0634. The van der Waals surface area contributed by atoms with Crippen molar-refractivity contribution >= 4 is 5.97 Å². The molecule has 1 saturated carbocycles. The first-order valence-electron chi connectivity index (χ1n) is 5.51. The Labute approximate surface area is 93.9 Å². The number of carboxylic acid groups (broad SMARTS) is 1.